The van der Waals surface area contributed by atoms with Gasteiger partial charge < -0.3 is 4.90 Å². The topological polar surface area (TPSA) is 62.3 Å². The number of rotatable bonds is 3. The molecule has 0 radical (unpaired) electrons. The smallest absolute Gasteiger partial charge is 0.354 e. The maximum absolute atomic E-state index is 12.6. The maximum Gasteiger partial charge on any atom is 0.417 e. The van der Waals surface area contributed by atoms with Crippen LogP contribution in [0.3, 0.4) is 0 Å². The number of hydrogen-bond donors (Lipinski definition) is 1. The van der Waals surface area contributed by atoms with Crippen LogP contribution in [0, 0.1) is 0 Å². The molecular weight excluding hydrogens is 387 g/mol. The molecule has 0 amide bonds. The lowest BCUT2D eigenvalue weighted by atomic mass is 10.1. The van der Waals surface area contributed by atoms with Gasteiger partial charge in [0.15, 0.2) is 0 Å². The number of halogens is 4. The molecule has 0 aliphatic carbocycles. The number of nitrogens with one attached hydrogen (secondary N) is 1. The molecule has 1 saturated heterocycles. The fourth-order valence-corrected chi connectivity index (χ4v) is 3.78. The highest BCUT2D eigenvalue weighted by Crippen LogP contribution is 2.34. The molecule has 22 heavy (non-hydrogen) atoms. The minimum atomic E-state index is -4.45. The van der Waals surface area contributed by atoms with E-state index in [9.17, 15) is 21.6 Å². The molecule has 2 rings (SSSR count). The number of alkyl halides is 3. The standard InChI is InChI=1S/C12H15BrF3N3O2S/c1-22(20,21)18-9-3-2-4-19(7-9)11-10(13)5-8(6-17-11)12(14,15)16/h5-6,9,18H,2-4,7H2,1H3. The van der Waals surface area contributed by atoms with Gasteiger partial charge in [-0.3, -0.25) is 0 Å². The lowest BCUT2D eigenvalue weighted by molar-refractivity contribution is -0.137. The molecule has 1 unspecified atom stereocenters. The molecule has 1 aromatic heterocycles. The van der Waals surface area contributed by atoms with Gasteiger partial charge in [-0.15, -0.1) is 0 Å². The number of anilines is 1. The van der Waals surface area contributed by atoms with Crippen LogP contribution >= 0.6 is 15.9 Å². The van der Waals surface area contributed by atoms with Crippen LogP contribution in [-0.4, -0.2) is 38.8 Å². The van der Waals surface area contributed by atoms with Gasteiger partial charge in [0.05, 0.1) is 16.3 Å². The van der Waals surface area contributed by atoms with E-state index in [0.717, 1.165) is 24.9 Å². The van der Waals surface area contributed by atoms with Gasteiger partial charge in [-0.1, -0.05) is 0 Å². The zero-order valence-electron chi connectivity index (χ0n) is 11.7. The maximum atomic E-state index is 12.6. The predicted octanol–water partition coefficient (Wildman–Crippen LogP) is 2.38. The van der Waals surface area contributed by atoms with E-state index in [1.54, 1.807) is 4.90 Å². The van der Waals surface area contributed by atoms with E-state index in [-0.39, 0.29) is 10.5 Å². The first-order valence-corrected chi connectivity index (χ1v) is 9.20. The van der Waals surface area contributed by atoms with Crippen LogP contribution in [-0.2, 0) is 16.2 Å². The normalized spacial score (nSPS) is 20.2. The van der Waals surface area contributed by atoms with Crippen molar-refractivity contribution >= 4 is 31.8 Å². The Kier molecular flexibility index (Phi) is 5.03. The Balaban J connectivity index is 2.17. The molecule has 10 heteroatoms. The van der Waals surface area contributed by atoms with Crippen molar-refractivity contribution in [1.82, 2.24) is 9.71 Å². The number of piperidine rings is 1. The molecule has 0 bridgehead atoms. The molecule has 1 fully saturated rings. The van der Waals surface area contributed by atoms with Crippen LogP contribution in [0.2, 0.25) is 0 Å². The fraction of sp³-hybridized carbons (Fsp3) is 0.583. The summed E-state index contributed by atoms with van der Waals surface area (Å²) in [5.41, 5.74) is -0.828. The van der Waals surface area contributed by atoms with Gasteiger partial charge in [-0.05, 0) is 34.8 Å². The van der Waals surface area contributed by atoms with Crippen molar-refractivity contribution in [3.63, 3.8) is 0 Å². The molecule has 2 heterocycles. The summed E-state index contributed by atoms with van der Waals surface area (Å²) in [5, 5.41) is 0. The second-order valence-electron chi connectivity index (χ2n) is 5.20. The Hall–Kier alpha value is -0.870. The fourth-order valence-electron chi connectivity index (χ4n) is 2.39. The second kappa shape index (κ2) is 6.32. The third-order valence-electron chi connectivity index (χ3n) is 3.25. The summed E-state index contributed by atoms with van der Waals surface area (Å²) in [5.74, 6) is 0.382. The van der Waals surface area contributed by atoms with Crippen LogP contribution in [0.4, 0.5) is 19.0 Å². The highest BCUT2D eigenvalue weighted by molar-refractivity contribution is 9.10. The monoisotopic (exact) mass is 401 g/mol. The third-order valence-corrected chi connectivity index (χ3v) is 4.60. The van der Waals surface area contributed by atoms with Gasteiger partial charge in [-0.2, -0.15) is 13.2 Å². The quantitative estimate of drug-likeness (QED) is 0.844. The van der Waals surface area contributed by atoms with E-state index in [1.807, 2.05) is 0 Å². The summed E-state index contributed by atoms with van der Waals surface area (Å²) < 4.78 is 63.2. The molecule has 1 aliphatic heterocycles. The van der Waals surface area contributed by atoms with Crippen LogP contribution in [0.15, 0.2) is 16.7 Å². The van der Waals surface area contributed by atoms with Gasteiger partial charge in [0.25, 0.3) is 0 Å². The lowest BCUT2D eigenvalue weighted by Crippen LogP contribution is -2.47. The van der Waals surface area contributed by atoms with Gasteiger partial charge in [0.2, 0.25) is 10.0 Å². The molecule has 0 spiro atoms. The molecule has 1 atom stereocenters. The number of aromatic nitrogens is 1. The molecule has 0 aromatic carbocycles. The molecule has 5 nitrogen and oxygen atoms in total. The van der Waals surface area contributed by atoms with Gasteiger partial charge in [0.1, 0.15) is 5.82 Å². The van der Waals surface area contributed by atoms with Crippen molar-refractivity contribution in [2.24, 2.45) is 0 Å². The first kappa shape index (κ1) is 17.5. The van der Waals surface area contributed by atoms with E-state index in [4.69, 9.17) is 0 Å². The van der Waals surface area contributed by atoms with E-state index in [0.29, 0.717) is 25.3 Å². The second-order valence-corrected chi connectivity index (χ2v) is 7.84. The first-order valence-electron chi connectivity index (χ1n) is 6.51. The van der Waals surface area contributed by atoms with Crippen molar-refractivity contribution in [3.8, 4) is 0 Å². The highest BCUT2D eigenvalue weighted by atomic mass is 79.9. The zero-order chi connectivity index (χ0) is 16.5. The number of nitrogens with zero attached hydrogens (tertiary/aromatic N) is 2. The first-order chi connectivity index (χ1) is 10.1. The van der Waals surface area contributed by atoms with Gasteiger partial charge in [-0.25, -0.2) is 18.1 Å². The van der Waals surface area contributed by atoms with Crippen LogP contribution < -0.4 is 9.62 Å². The Bertz CT molecular complexity index is 652. The Morgan fingerprint density at radius 2 is 2.14 bits per heavy atom. The number of pyridine rings is 1. The summed E-state index contributed by atoms with van der Waals surface area (Å²) >= 11 is 3.11. The Morgan fingerprint density at radius 3 is 2.68 bits per heavy atom. The largest absolute Gasteiger partial charge is 0.417 e. The summed E-state index contributed by atoms with van der Waals surface area (Å²) in [6.45, 7) is 0.975. The van der Waals surface area contributed by atoms with E-state index in [1.165, 1.54) is 0 Å². The minimum absolute atomic E-state index is 0.238. The summed E-state index contributed by atoms with van der Waals surface area (Å²) in [4.78, 5) is 5.66. The van der Waals surface area contributed by atoms with Crippen LogP contribution in [0.5, 0.6) is 0 Å². The third kappa shape index (κ3) is 4.56. The average molecular weight is 402 g/mol. The van der Waals surface area contributed by atoms with E-state index >= 15 is 0 Å². The van der Waals surface area contributed by atoms with Crippen LogP contribution in [0.25, 0.3) is 0 Å². The number of sulfonamides is 1. The van der Waals surface area contributed by atoms with Crippen molar-refractivity contribution in [2.75, 3.05) is 24.2 Å². The Morgan fingerprint density at radius 1 is 1.45 bits per heavy atom. The van der Waals surface area contributed by atoms with Crippen molar-refractivity contribution in [2.45, 2.75) is 25.1 Å². The molecule has 0 saturated carbocycles. The zero-order valence-corrected chi connectivity index (χ0v) is 14.1. The molecule has 1 N–H and O–H groups in total. The number of hydrogen-bond acceptors (Lipinski definition) is 4. The van der Waals surface area contributed by atoms with Crippen molar-refractivity contribution in [1.29, 1.82) is 0 Å². The Labute approximate surface area is 135 Å². The van der Waals surface area contributed by atoms with Crippen molar-refractivity contribution < 1.29 is 21.6 Å². The summed E-state index contributed by atoms with van der Waals surface area (Å²) in [6.07, 6.45) is -1.17. The predicted molar refractivity (Wildman–Crippen MR) is 80.2 cm³/mol. The molecule has 124 valence electrons. The SMILES string of the molecule is CS(=O)(=O)NC1CCCN(c2ncc(C(F)(F)F)cc2Br)C1. The molecule has 1 aliphatic rings. The molecular formula is C12H15BrF3N3O2S. The molecule has 1 aromatic rings. The van der Waals surface area contributed by atoms with E-state index in [2.05, 4.69) is 25.6 Å². The van der Waals surface area contributed by atoms with Gasteiger partial charge in [0, 0.05) is 25.3 Å². The lowest BCUT2D eigenvalue weighted by Gasteiger charge is -2.34. The van der Waals surface area contributed by atoms with Crippen molar-refractivity contribution in [3.05, 3.63) is 22.3 Å². The minimum Gasteiger partial charge on any atom is -0.354 e. The highest BCUT2D eigenvalue weighted by Gasteiger charge is 2.32. The summed E-state index contributed by atoms with van der Waals surface area (Å²) in [7, 11) is -3.32. The summed E-state index contributed by atoms with van der Waals surface area (Å²) in [6, 6.07) is 0.704. The van der Waals surface area contributed by atoms with E-state index < -0.39 is 21.8 Å². The van der Waals surface area contributed by atoms with Gasteiger partial charge >= 0.3 is 6.18 Å². The van der Waals surface area contributed by atoms with Crippen LogP contribution in [0.1, 0.15) is 18.4 Å². The average Bonchev–Trinajstić information content (AvgIpc) is 2.35.